The van der Waals surface area contributed by atoms with Gasteiger partial charge in [0.1, 0.15) is 0 Å². The SMILES string of the molecule is CCNS(=O)(=O)c1cc(CN)n(C(C)C)c1. The molecule has 0 aliphatic carbocycles. The van der Waals surface area contributed by atoms with Crippen LogP contribution in [0.5, 0.6) is 0 Å². The van der Waals surface area contributed by atoms with Gasteiger partial charge in [0.15, 0.2) is 0 Å². The van der Waals surface area contributed by atoms with Crippen LogP contribution in [0, 0.1) is 0 Å². The zero-order chi connectivity index (χ0) is 12.3. The van der Waals surface area contributed by atoms with E-state index in [4.69, 9.17) is 5.73 Å². The molecule has 92 valence electrons. The van der Waals surface area contributed by atoms with Crippen LogP contribution < -0.4 is 10.5 Å². The quantitative estimate of drug-likeness (QED) is 0.806. The molecule has 0 spiro atoms. The third-order valence-electron chi connectivity index (χ3n) is 2.32. The van der Waals surface area contributed by atoms with Gasteiger partial charge in [-0.15, -0.1) is 0 Å². The summed E-state index contributed by atoms with van der Waals surface area (Å²) in [7, 11) is -3.38. The monoisotopic (exact) mass is 245 g/mol. The first-order valence-electron chi connectivity index (χ1n) is 5.32. The van der Waals surface area contributed by atoms with Gasteiger partial charge >= 0.3 is 0 Å². The molecule has 0 bridgehead atoms. The first-order valence-corrected chi connectivity index (χ1v) is 6.81. The van der Waals surface area contributed by atoms with Crippen molar-refractivity contribution >= 4 is 10.0 Å². The number of aromatic nitrogens is 1. The smallest absolute Gasteiger partial charge is 0.242 e. The van der Waals surface area contributed by atoms with Gasteiger partial charge in [-0.2, -0.15) is 0 Å². The minimum Gasteiger partial charge on any atom is -0.346 e. The van der Waals surface area contributed by atoms with Gasteiger partial charge in [-0.1, -0.05) is 6.92 Å². The largest absolute Gasteiger partial charge is 0.346 e. The fourth-order valence-electron chi connectivity index (χ4n) is 1.56. The van der Waals surface area contributed by atoms with E-state index < -0.39 is 10.0 Å². The lowest BCUT2D eigenvalue weighted by molar-refractivity contribution is 0.570. The Hall–Kier alpha value is -0.850. The highest BCUT2D eigenvalue weighted by Gasteiger charge is 2.17. The fraction of sp³-hybridized carbons (Fsp3) is 0.600. The molecular weight excluding hydrogens is 226 g/mol. The van der Waals surface area contributed by atoms with E-state index >= 15 is 0 Å². The summed E-state index contributed by atoms with van der Waals surface area (Å²) in [6, 6.07) is 1.82. The number of nitrogens with one attached hydrogen (secondary N) is 1. The third-order valence-corrected chi connectivity index (χ3v) is 3.83. The number of hydrogen-bond acceptors (Lipinski definition) is 3. The van der Waals surface area contributed by atoms with Crippen LogP contribution in [0.25, 0.3) is 0 Å². The predicted octanol–water partition coefficient (Wildman–Crippen LogP) is 0.826. The number of sulfonamides is 1. The van der Waals surface area contributed by atoms with Gasteiger partial charge in [-0.25, -0.2) is 13.1 Å². The van der Waals surface area contributed by atoms with E-state index in [2.05, 4.69) is 4.72 Å². The van der Waals surface area contributed by atoms with E-state index in [1.165, 1.54) is 0 Å². The maximum atomic E-state index is 11.8. The number of rotatable bonds is 5. The minimum atomic E-state index is -3.38. The minimum absolute atomic E-state index is 0.198. The second-order valence-electron chi connectivity index (χ2n) is 3.87. The molecule has 1 aromatic rings. The average Bonchev–Trinajstić information content (AvgIpc) is 2.61. The summed E-state index contributed by atoms with van der Waals surface area (Å²) in [4.78, 5) is 0.281. The molecule has 0 amide bonds. The predicted molar refractivity (Wildman–Crippen MR) is 63.6 cm³/mol. The maximum absolute atomic E-state index is 11.8. The second kappa shape index (κ2) is 4.99. The number of nitrogens with zero attached hydrogens (tertiary/aromatic N) is 1. The molecule has 0 saturated heterocycles. The Balaban J connectivity index is 3.18. The van der Waals surface area contributed by atoms with E-state index in [9.17, 15) is 8.42 Å². The van der Waals surface area contributed by atoms with Crippen molar-refractivity contribution in [2.45, 2.75) is 38.3 Å². The van der Waals surface area contributed by atoms with Gasteiger partial charge in [-0.05, 0) is 19.9 Å². The molecule has 0 unspecified atom stereocenters. The summed E-state index contributed by atoms with van der Waals surface area (Å²) in [5.74, 6) is 0. The average molecular weight is 245 g/mol. The van der Waals surface area contributed by atoms with E-state index in [0.717, 1.165) is 5.69 Å². The van der Waals surface area contributed by atoms with Crippen molar-refractivity contribution in [1.29, 1.82) is 0 Å². The summed E-state index contributed by atoms with van der Waals surface area (Å²) in [5, 5.41) is 0. The topological polar surface area (TPSA) is 77.1 Å². The van der Waals surface area contributed by atoms with Crippen LogP contribution in [0.4, 0.5) is 0 Å². The first-order chi connectivity index (χ1) is 7.42. The molecule has 3 N–H and O–H groups in total. The zero-order valence-corrected chi connectivity index (χ0v) is 10.7. The van der Waals surface area contributed by atoms with Crippen molar-refractivity contribution < 1.29 is 8.42 Å². The molecule has 0 radical (unpaired) electrons. The molecule has 0 atom stereocenters. The summed E-state index contributed by atoms with van der Waals surface area (Å²) >= 11 is 0. The van der Waals surface area contributed by atoms with E-state index in [0.29, 0.717) is 13.1 Å². The van der Waals surface area contributed by atoms with E-state index in [1.807, 2.05) is 18.4 Å². The summed E-state index contributed by atoms with van der Waals surface area (Å²) in [5.41, 5.74) is 6.41. The Morgan fingerprint density at radius 3 is 2.50 bits per heavy atom. The van der Waals surface area contributed by atoms with Gasteiger partial charge in [-0.3, -0.25) is 0 Å². The summed E-state index contributed by atoms with van der Waals surface area (Å²) < 4.78 is 27.9. The lowest BCUT2D eigenvalue weighted by Gasteiger charge is -2.10. The van der Waals surface area contributed by atoms with Crippen LogP contribution in [0.15, 0.2) is 17.2 Å². The Bertz CT molecular complexity index is 449. The Kier molecular flexibility index (Phi) is 4.12. The molecule has 16 heavy (non-hydrogen) atoms. The zero-order valence-electron chi connectivity index (χ0n) is 9.90. The fourth-order valence-corrected chi connectivity index (χ4v) is 2.65. The Labute approximate surface area is 96.7 Å². The lowest BCUT2D eigenvalue weighted by Crippen LogP contribution is -2.22. The van der Waals surface area contributed by atoms with Crippen LogP contribution in [0.3, 0.4) is 0 Å². The van der Waals surface area contributed by atoms with Gasteiger partial charge in [0.05, 0.1) is 4.90 Å². The van der Waals surface area contributed by atoms with Crippen LogP contribution in [0.1, 0.15) is 32.5 Å². The highest BCUT2D eigenvalue weighted by Crippen LogP contribution is 2.18. The molecule has 6 heteroatoms. The van der Waals surface area contributed by atoms with Gasteiger partial charge in [0.2, 0.25) is 10.0 Å². The van der Waals surface area contributed by atoms with E-state index in [1.54, 1.807) is 19.2 Å². The van der Waals surface area contributed by atoms with Crippen LogP contribution in [-0.2, 0) is 16.6 Å². The number of hydrogen-bond donors (Lipinski definition) is 2. The molecule has 0 fully saturated rings. The van der Waals surface area contributed by atoms with Crippen LogP contribution >= 0.6 is 0 Å². The van der Waals surface area contributed by atoms with Crippen molar-refractivity contribution in [2.24, 2.45) is 5.73 Å². The molecule has 1 rings (SSSR count). The summed E-state index contributed by atoms with van der Waals surface area (Å²) in [6.07, 6.45) is 1.63. The number of nitrogens with two attached hydrogens (primary N) is 1. The second-order valence-corrected chi connectivity index (χ2v) is 5.64. The molecule has 1 heterocycles. The van der Waals surface area contributed by atoms with Gasteiger partial charge < -0.3 is 10.3 Å². The molecule has 0 aliphatic heterocycles. The van der Waals surface area contributed by atoms with Gasteiger partial charge in [0, 0.05) is 31.0 Å². The highest BCUT2D eigenvalue weighted by molar-refractivity contribution is 7.89. The molecule has 1 aromatic heterocycles. The van der Waals surface area contributed by atoms with Crippen molar-refractivity contribution in [2.75, 3.05) is 6.54 Å². The van der Waals surface area contributed by atoms with Crippen molar-refractivity contribution in [3.05, 3.63) is 18.0 Å². The molecule has 0 aromatic carbocycles. The van der Waals surface area contributed by atoms with Crippen LogP contribution in [-0.4, -0.2) is 19.5 Å². The highest BCUT2D eigenvalue weighted by atomic mass is 32.2. The van der Waals surface area contributed by atoms with Crippen molar-refractivity contribution in [3.8, 4) is 0 Å². The molecule has 0 aliphatic rings. The van der Waals surface area contributed by atoms with Crippen LogP contribution in [0.2, 0.25) is 0 Å². The van der Waals surface area contributed by atoms with Gasteiger partial charge in [0.25, 0.3) is 0 Å². The van der Waals surface area contributed by atoms with Crippen molar-refractivity contribution in [1.82, 2.24) is 9.29 Å². The Morgan fingerprint density at radius 2 is 2.12 bits per heavy atom. The molecular formula is C10H19N3O2S. The lowest BCUT2D eigenvalue weighted by atomic mass is 10.3. The summed E-state index contributed by atoms with van der Waals surface area (Å²) in [6.45, 7) is 6.44. The third kappa shape index (κ3) is 2.63. The normalized spacial score (nSPS) is 12.3. The molecule has 0 saturated carbocycles. The van der Waals surface area contributed by atoms with Crippen molar-refractivity contribution in [3.63, 3.8) is 0 Å². The standard InChI is InChI=1S/C10H19N3O2S/c1-4-12-16(14,15)10-5-9(6-11)13(7-10)8(2)3/h5,7-8,12H,4,6,11H2,1-3H3. The first kappa shape index (κ1) is 13.2. The molecule has 5 nitrogen and oxygen atoms in total. The maximum Gasteiger partial charge on any atom is 0.242 e. The Morgan fingerprint density at radius 1 is 1.50 bits per heavy atom. The van der Waals surface area contributed by atoms with E-state index in [-0.39, 0.29) is 10.9 Å².